The van der Waals surface area contributed by atoms with E-state index in [1.807, 2.05) is 44.5 Å². The van der Waals surface area contributed by atoms with Crippen molar-refractivity contribution in [1.82, 2.24) is 15.1 Å². The highest BCUT2D eigenvalue weighted by Crippen LogP contribution is 2.51. The van der Waals surface area contributed by atoms with Gasteiger partial charge in [0.15, 0.2) is 0 Å². The molecule has 1 unspecified atom stereocenters. The van der Waals surface area contributed by atoms with Gasteiger partial charge in [-0.1, -0.05) is 45.3 Å². The van der Waals surface area contributed by atoms with Gasteiger partial charge in [-0.2, -0.15) is 5.10 Å². The Kier molecular flexibility index (Phi) is 12.5. The number of alkyl carbamates (subject to hydrolysis) is 1. The summed E-state index contributed by atoms with van der Waals surface area (Å²) in [6, 6.07) is 7.58. The van der Waals surface area contributed by atoms with Gasteiger partial charge in [0.05, 0.1) is 12.3 Å². The SMILES string of the molecule is Cc1nn(COCC[Si](C)(C)C)c(C)c1-c1ccc(NC(=O)C(NC(=O)OC(C)(C)C)C(C2CC2)C2CC2)cc1COCC[Si](C)(C)C. The molecule has 2 aromatic rings. The maximum Gasteiger partial charge on any atom is 0.408 e. The number of aromatic nitrogens is 2. The molecular formula is C37H62N4O5Si2. The van der Waals surface area contributed by atoms with E-state index in [1.165, 1.54) is 0 Å². The molecule has 1 heterocycles. The largest absolute Gasteiger partial charge is 0.444 e. The van der Waals surface area contributed by atoms with E-state index in [1.54, 1.807) is 0 Å². The van der Waals surface area contributed by atoms with E-state index >= 15 is 0 Å². The first-order valence-electron chi connectivity index (χ1n) is 17.9. The zero-order valence-corrected chi connectivity index (χ0v) is 33.5. The van der Waals surface area contributed by atoms with E-state index < -0.39 is 33.9 Å². The van der Waals surface area contributed by atoms with Gasteiger partial charge in [0.1, 0.15) is 18.4 Å². The van der Waals surface area contributed by atoms with Crippen LogP contribution in [0, 0.1) is 31.6 Å². The van der Waals surface area contributed by atoms with Gasteiger partial charge in [-0.25, -0.2) is 9.48 Å². The zero-order valence-electron chi connectivity index (χ0n) is 31.5. The van der Waals surface area contributed by atoms with E-state index in [9.17, 15) is 9.59 Å². The van der Waals surface area contributed by atoms with Crippen LogP contribution in [0.1, 0.15) is 63.4 Å². The van der Waals surface area contributed by atoms with Crippen molar-refractivity contribution in [3.8, 4) is 11.1 Å². The monoisotopic (exact) mass is 698 g/mol. The van der Waals surface area contributed by atoms with Crippen LogP contribution in [0.25, 0.3) is 11.1 Å². The molecular weight excluding hydrogens is 637 g/mol. The summed E-state index contributed by atoms with van der Waals surface area (Å²) in [5.74, 6) is 0.842. The van der Waals surface area contributed by atoms with E-state index in [0.29, 0.717) is 37.5 Å². The average Bonchev–Trinajstić information content (AvgIpc) is 3.87. The minimum Gasteiger partial charge on any atom is -0.444 e. The van der Waals surface area contributed by atoms with Crippen LogP contribution >= 0.6 is 0 Å². The van der Waals surface area contributed by atoms with E-state index in [4.69, 9.17) is 19.3 Å². The van der Waals surface area contributed by atoms with Crippen molar-refractivity contribution in [3.63, 3.8) is 0 Å². The number of benzene rings is 1. The molecule has 0 saturated heterocycles. The fourth-order valence-electron chi connectivity index (χ4n) is 6.22. The molecule has 2 fully saturated rings. The minimum absolute atomic E-state index is 0.116. The Morgan fingerprint density at radius 3 is 2.06 bits per heavy atom. The van der Waals surface area contributed by atoms with Crippen molar-refractivity contribution in [1.29, 1.82) is 0 Å². The number of nitrogens with one attached hydrogen (secondary N) is 2. The lowest BCUT2D eigenvalue weighted by Gasteiger charge is -2.29. The van der Waals surface area contributed by atoms with Crippen molar-refractivity contribution >= 4 is 33.8 Å². The van der Waals surface area contributed by atoms with Crippen LogP contribution in [-0.2, 0) is 32.3 Å². The van der Waals surface area contributed by atoms with Crippen molar-refractivity contribution in [2.24, 2.45) is 17.8 Å². The summed E-state index contributed by atoms with van der Waals surface area (Å²) in [5, 5.41) is 11.0. The van der Waals surface area contributed by atoms with Crippen LogP contribution in [0.4, 0.5) is 10.5 Å². The number of carbonyl (C=O) groups excluding carboxylic acids is 2. The second-order valence-corrected chi connectivity index (χ2v) is 28.7. The topological polar surface area (TPSA) is 104 Å². The van der Waals surface area contributed by atoms with Crippen LogP contribution in [0.2, 0.25) is 51.4 Å². The molecule has 2 amide bonds. The number of anilines is 1. The van der Waals surface area contributed by atoms with Gasteiger partial charge < -0.3 is 24.8 Å². The number of rotatable bonds is 17. The van der Waals surface area contributed by atoms with Crippen molar-refractivity contribution in [2.45, 2.75) is 137 Å². The van der Waals surface area contributed by atoms with Crippen LogP contribution in [0.5, 0.6) is 0 Å². The second-order valence-electron chi connectivity index (χ2n) is 17.5. The first-order valence-corrected chi connectivity index (χ1v) is 25.4. The highest BCUT2D eigenvalue weighted by atomic mass is 28.3. The number of ether oxygens (including phenoxy) is 3. The number of amides is 2. The van der Waals surface area contributed by atoms with Crippen LogP contribution in [0.3, 0.4) is 0 Å². The summed E-state index contributed by atoms with van der Waals surface area (Å²) in [5.41, 5.74) is 5.11. The summed E-state index contributed by atoms with van der Waals surface area (Å²) in [4.78, 5) is 27.0. The molecule has 268 valence electrons. The Balaban J connectivity index is 1.58. The number of carbonyl (C=O) groups is 2. The molecule has 48 heavy (non-hydrogen) atoms. The molecule has 0 spiro atoms. The normalized spacial score (nSPS) is 16.2. The number of hydrogen-bond acceptors (Lipinski definition) is 6. The highest BCUT2D eigenvalue weighted by molar-refractivity contribution is 6.76. The molecule has 1 atom stereocenters. The third kappa shape index (κ3) is 11.8. The summed E-state index contributed by atoms with van der Waals surface area (Å²) in [6.07, 6.45) is 3.86. The predicted octanol–water partition coefficient (Wildman–Crippen LogP) is 8.60. The first kappa shape index (κ1) is 38.3. The molecule has 0 radical (unpaired) electrons. The molecule has 1 aromatic heterocycles. The Morgan fingerprint density at radius 1 is 0.938 bits per heavy atom. The number of hydrogen-bond donors (Lipinski definition) is 2. The number of aryl methyl sites for hydroxylation is 1. The maximum absolute atomic E-state index is 14.0. The van der Waals surface area contributed by atoms with Crippen molar-refractivity contribution in [2.75, 3.05) is 18.5 Å². The molecule has 2 aliphatic carbocycles. The predicted molar refractivity (Wildman–Crippen MR) is 200 cm³/mol. The Labute approximate surface area is 291 Å². The standard InChI is InChI=1S/C37H62N4O5Si2/c1-25-32(26(2)41(40-25)24-45-19-21-48(9,10)11)31-17-16-30(22-29(31)23-44-18-20-47(6,7)8)38-35(42)34(39-36(43)46-37(3,4)5)33(27-12-13-27)28-14-15-28/h16-17,22,27-28,33-34H,12-15,18-21,23-24H2,1-11H3,(H,38,42)(H,39,43). The Hall–Kier alpha value is -2.48. The van der Waals surface area contributed by atoms with E-state index in [0.717, 1.165) is 72.5 Å². The Morgan fingerprint density at radius 2 is 1.52 bits per heavy atom. The molecule has 9 nitrogen and oxygen atoms in total. The molecule has 11 heteroatoms. The second kappa shape index (κ2) is 15.6. The minimum atomic E-state index is -1.26. The molecule has 1 aromatic carbocycles. The highest BCUT2D eigenvalue weighted by Gasteiger charge is 2.48. The molecule has 2 N–H and O–H groups in total. The lowest BCUT2D eigenvalue weighted by atomic mass is 9.88. The maximum atomic E-state index is 14.0. The van der Waals surface area contributed by atoms with Gasteiger partial charge in [0.2, 0.25) is 5.91 Å². The molecule has 0 aliphatic heterocycles. The summed E-state index contributed by atoms with van der Waals surface area (Å²) in [7, 11) is -2.44. The number of nitrogens with zero attached hydrogens (tertiary/aromatic N) is 2. The zero-order chi connectivity index (χ0) is 35.4. The first-order chi connectivity index (χ1) is 22.3. The van der Waals surface area contributed by atoms with Gasteiger partial charge in [0.25, 0.3) is 0 Å². The molecule has 0 bridgehead atoms. The van der Waals surface area contributed by atoms with Gasteiger partial charge in [-0.05, 0) is 113 Å². The van der Waals surface area contributed by atoms with Crippen LogP contribution in [0.15, 0.2) is 18.2 Å². The van der Waals surface area contributed by atoms with E-state index in [2.05, 4.69) is 62.9 Å². The molecule has 4 rings (SSSR count). The lowest BCUT2D eigenvalue weighted by Crippen LogP contribution is -2.51. The smallest absolute Gasteiger partial charge is 0.408 e. The van der Waals surface area contributed by atoms with Crippen molar-refractivity contribution in [3.05, 3.63) is 35.2 Å². The fourth-order valence-corrected chi connectivity index (χ4v) is 7.73. The fraction of sp³-hybridized carbons (Fsp3) is 0.703. The molecule has 2 saturated carbocycles. The van der Waals surface area contributed by atoms with Gasteiger partial charge >= 0.3 is 6.09 Å². The van der Waals surface area contributed by atoms with Crippen LogP contribution in [-0.4, -0.2) is 62.8 Å². The van der Waals surface area contributed by atoms with E-state index in [-0.39, 0.29) is 11.8 Å². The summed E-state index contributed by atoms with van der Waals surface area (Å²) >= 11 is 0. The third-order valence-corrected chi connectivity index (χ3v) is 12.6. The van der Waals surface area contributed by atoms with Gasteiger partial charge in [-0.3, -0.25) is 4.79 Å². The third-order valence-electron chi connectivity index (χ3n) is 9.16. The van der Waals surface area contributed by atoms with Crippen molar-refractivity contribution < 1.29 is 23.8 Å². The lowest BCUT2D eigenvalue weighted by molar-refractivity contribution is -0.120. The van der Waals surface area contributed by atoms with Gasteiger partial charge in [0, 0.05) is 46.3 Å². The average molecular weight is 699 g/mol. The summed E-state index contributed by atoms with van der Waals surface area (Å²) in [6.45, 7) is 26.0. The molecule has 2 aliphatic rings. The Bertz CT molecular complexity index is 1400. The van der Waals surface area contributed by atoms with Crippen LogP contribution < -0.4 is 10.6 Å². The summed E-state index contributed by atoms with van der Waals surface area (Å²) < 4.78 is 19.9. The van der Waals surface area contributed by atoms with Gasteiger partial charge in [-0.15, -0.1) is 0 Å². The quantitative estimate of drug-likeness (QED) is 0.127.